The molecule has 1 saturated carbocycles. The molecule has 0 aromatic heterocycles. The summed E-state index contributed by atoms with van der Waals surface area (Å²) in [6.45, 7) is 0.270. The van der Waals surface area contributed by atoms with Gasteiger partial charge in [0.2, 0.25) is 6.79 Å². The molecule has 142 valence electrons. The third kappa shape index (κ3) is 4.30. The van der Waals surface area contributed by atoms with Gasteiger partial charge in [0.05, 0.1) is 0 Å². The third-order valence-electron chi connectivity index (χ3n) is 5.40. The van der Waals surface area contributed by atoms with E-state index in [2.05, 4.69) is 16.7 Å². The maximum Gasteiger partial charge on any atom is 0.231 e. The van der Waals surface area contributed by atoms with Crippen molar-refractivity contribution in [3.8, 4) is 11.5 Å². The molecule has 27 heavy (non-hydrogen) atoms. The van der Waals surface area contributed by atoms with E-state index in [1.165, 1.54) is 18.4 Å². The van der Waals surface area contributed by atoms with Crippen molar-refractivity contribution in [3.63, 3.8) is 0 Å². The number of nitrogens with one attached hydrogen (secondary N) is 2. The first kappa shape index (κ1) is 18.4. The van der Waals surface area contributed by atoms with E-state index in [9.17, 15) is 0 Å². The molecule has 1 aliphatic carbocycles. The van der Waals surface area contributed by atoms with Crippen molar-refractivity contribution in [2.24, 2.45) is 0 Å². The fourth-order valence-corrected chi connectivity index (χ4v) is 4.51. The van der Waals surface area contributed by atoms with Gasteiger partial charge in [0, 0.05) is 22.3 Å². The highest BCUT2D eigenvalue weighted by atomic mass is 35.5. The molecule has 0 unspecified atom stereocenters. The number of rotatable bonds is 5. The minimum absolute atomic E-state index is 0.0274. The van der Waals surface area contributed by atoms with Crippen LogP contribution in [0.4, 0.5) is 5.69 Å². The first-order valence-electron chi connectivity index (χ1n) is 9.36. The van der Waals surface area contributed by atoms with Gasteiger partial charge in [0.25, 0.3) is 0 Å². The quantitative estimate of drug-likeness (QED) is 0.664. The number of hydrogen-bond acceptors (Lipinski definition) is 3. The van der Waals surface area contributed by atoms with Crippen LogP contribution < -0.4 is 20.1 Å². The number of ether oxygens (including phenoxy) is 2. The van der Waals surface area contributed by atoms with Crippen molar-refractivity contribution in [2.45, 2.75) is 44.1 Å². The molecule has 1 aliphatic heterocycles. The topological polar surface area (TPSA) is 42.5 Å². The molecule has 4 nitrogen and oxygen atoms in total. The summed E-state index contributed by atoms with van der Waals surface area (Å²) >= 11 is 11.9. The molecule has 1 heterocycles. The molecule has 0 bridgehead atoms. The zero-order valence-corrected chi connectivity index (χ0v) is 16.7. The standard InChI is InChI=1S/C21H23ClN2O2S/c22-17-6-2-1-5-15(17)9-12-21(10-3-4-11-21)24-20(27)23-16-7-8-18-19(13-16)26-14-25-18/h1-2,5-8,13H,3-4,9-12,14H2,(H2,23,24,27). The summed E-state index contributed by atoms with van der Waals surface area (Å²) in [6.07, 6.45) is 6.66. The molecule has 0 atom stereocenters. The Bertz CT molecular complexity index is 837. The van der Waals surface area contributed by atoms with Crippen molar-refractivity contribution in [1.29, 1.82) is 0 Å². The Balaban J connectivity index is 1.40. The van der Waals surface area contributed by atoms with E-state index >= 15 is 0 Å². The smallest absolute Gasteiger partial charge is 0.231 e. The van der Waals surface area contributed by atoms with Gasteiger partial charge >= 0.3 is 0 Å². The lowest BCUT2D eigenvalue weighted by molar-refractivity contribution is 0.174. The highest BCUT2D eigenvalue weighted by Crippen LogP contribution is 2.36. The van der Waals surface area contributed by atoms with Crippen molar-refractivity contribution in [2.75, 3.05) is 12.1 Å². The van der Waals surface area contributed by atoms with E-state index in [1.807, 2.05) is 36.4 Å². The van der Waals surface area contributed by atoms with Gasteiger partial charge in [0.1, 0.15) is 0 Å². The molecule has 2 aliphatic rings. The van der Waals surface area contributed by atoms with Crippen LogP contribution in [0.2, 0.25) is 5.02 Å². The SMILES string of the molecule is S=C(Nc1ccc2c(c1)OCO2)NC1(CCc2ccccc2Cl)CCCC1. The molecule has 1 fully saturated rings. The third-order valence-corrected chi connectivity index (χ3v) is 5.97. The molecule has 2 N–H and O–H groups in total. The minimum atomic E-state index is 0.0274. The van der Waals surface area contributed by atoms with Crippen LogP contribution in [0.25, 0.3) is 0 Å². The summed E-state index contributed by atoms with van der Waals surface area (Å²) in [7, 11) is 0. The molecule has 2 aromatic rings. The molecule has 4 rings (SSSR count). The van der Waals surface area contributed by atoms with E-state index < -0.39 is 0 Å². The van der Waals surface area contributed by atoms with Crippen molar-refractivity contribution < 1.29 is 9.47 Å². The van der Waals surface area contributed by atoms with Gasteiger partial charge in [-0.25, -0.2) is 0 Å². The Morgan fingerprint density at radius 3 is 2.67 bits per heavy atom. The van der Waals surface area contributed by atoms with E-state index in [-0.39, 0.29) is 12.3 Å². The Morgan fingerprint density at radius 1 is 1.07 bits per heavy atom. The first-order chi connectivity index (χ1) is 13.1. The molecular formula is C21H23ClN2O2S. The van der Waals surface area contributed by atoms with Crippen molar-refractivity contribution >= 4 is 34.6 Å². The summed E-state index contributed by atoms with van der Waals surface area (Å²) in [5.74, 6) is 1.52. The highest BCUT2D eigenvalue weighted by Gasteiger charge is 2.34. The molecule has 0 saturated heterocycles. The average Bonchev–Trinajstić information content (AvgIpc) is 3.30. The maximum absolute atomic E-state index is 6.33. The zero-order chi connectivity index (χ0) is 18.7. The monoisotopic (exact) mass is 402 g/mol. The first-order valence-corrected chi connectivity index (χ1v) is 10.1. The van der Waals surface area contributed by atoms with Gasteiger partial charge in [-0.2, -0.15) is 0 Å². The van der Waals surface area contributed by atoms with Crippen LogP contribution in [0.3, 0.4) is 0 Å². The van der Waals surface area contributed by atoms with E-state index in [1.54, 1.807) is 0 Å². The number of benzene rings is 2. The summed E-state index contributed by atoms with van der Waals surface area (Å²) in [4.78, 5) is 0. The Morgan fingerprint density at radius 2 is 1.85 bits per heavy atom. The summed E-state index contributed by atoms with van der Waals surface area (Å²) < 4.78 is 10.8. The van der Waals surface area contributed by atoms with Gasteiger partial charge in [-0.15, -0.1) is 0 Å². The van der Waals surface area contributed by atoms with Crippen LogP contribution >= 0.6 is 23.8 Å². The number of halogens is 1. The van der Waals surface area contributed by atoms with E-state index in [4.69, 9.17) is 33.3 Å². The van der Waals surface area contributed by atoms with Crippen molar-refractivity contribution in [3.05, 3.63) is 53.1 Å². The number of fused-ring (bicyclic) bond motifs is 1. The number of aryl methyl sites for hydroxylation is 1. The summed E-state index contributed by atoms with van der Waals surface area (Å²) in [5.41, 5.74) is 2.12. The minimum Gasteiger partial charge on any atom is -0.454 e. The van der Waals surface area contributed by atoms with Crippen LogP contribution in [0.5, 0.6) is 11.5 Å². The predicted molar refractivity (Wildman–Crippen MR) is 113 cm³/mol. The van der Waals surface area contributed by atoms with E-state index in [0.717, 1.165) is 47.9 Å². The second kappa shape index (κ2) is 7.95. The van der Waals surface area contributed by atoms with Gasteiger partial charge in [0.15, 0.2) is 16.6 Å². The van der Waals surface area contributed by atoms with Gasteiger partial charge in [-0.05, 0) is 61.7 Å². The Labute approximate surface area is 170 Å². The zero-order valence-electron chi connectivity index (χ0n) is 15.1. The van der Waals surface area contributed by atoms with Crippen LogP contribution in [0.1, 0.15) is 37.7 Å². The fourth-order valence-electron chi connectivity index (χ4n) is 3.94. The highest BCUT2D eigenvalue weighted by molar-refractivity contribution is 7.80. The second-order valence-electron chi connectivity index (χ2n) is 7.23. The molecular weight excluding hydrogens is 380 g/mol. The molecule has 6 heteroatoms. The van der Waals surface area contributed by atoms with Crippen LogP contribution in [0.15, 0.2) is 42.5 Å². The average molecular weight is 403 g/mol. The largest absolute Gasteiger partial charge is 0.454 e. The lowest BCUT2D eigenvalue weighted by Crippen LogP contribution is -2.48. The predicted octanol–water partition coefficient (Wildman–Crippen LogP) is 5.30. The molecule has 0 amide bonds. The molecule has 2 aromatic carbocycles. The lowest BCUT2D eigenvalue weighted by Gasteiger charge is -2.32. The van der Waals surface area contributed by atoms with E-state index in [0.29, 0.717) is 5.11 Å². The van der Waals surface area contributed by atoms with Gasteiger partial charge in [-0.1, -0.05) is 42.6 Å². The molecule has 0 radical (unpaired) electrons. The summed E-state index contributed by atoms with van der Waals surface area (Å²) in [5, 5.41) is 8.38. The van der Waals surface area contributed by atoms with Gasteiger partial charge in [-0.3, -0.25) is 0 Å². The number of anilines is 1. The normalized spacial score (nSPS) is 16.9. The van der Waals surface area contributed by atoms with Gasteiger partial charge < -0.3 is 20.1 Å². The second-order valence-corrected chi connectivity index (χ2v) is 8.04. The Hall–Kier alpha value is -1.98. The maximum atomic E-state index is 6.33. The fraction of sp³-hybridized carbons (Fsp3) is 0.381. The summed E-state index contributed by atoms with van der Waals surface area (Å²) in [6, 6.07) is 13.8. The van der Waals surface area contributed by atoms with Crippen LogP contribution in [-0.2, 0) is 6.42 Å². The van der Waals surface area contributed by atoms with Crippen LogP contribution in [0, 0.1) is 0 Å². The molecule has 0 spiro atoms. The number of hydrogen-bond donors (Lipinski definition) is 2. The lowest BCUT2D eigenvalue weighted by atomic mass is 9.89. The van der Waals surface area contributed by atoms with Crippen molar-refractivity contribution in [1.82, 2.24) is 5.32 Å². The number of thiocarbonyl (C=S) groups is 1. The van der Waals surface area contributed by atoms with Crippen LogP contribution in [-0.4, -0.2) is 17.4 Å². The Kier molecular flexibility index (Phi) is 5.41.